The summed E-state index contributed by atoms with van der Waals surface area (Å²) < 4.78 is 5.56. The molecule has 0 aliphatic carbocycles. The molecule has 0 amide bonds. The molecular weight excluding hydrogens is 278 g/mol. The number of aromatic nitrogens is 4. The summed E-state index contributed by atoms with van der Waals surface area (Å²) in [6.07, 6.45) is 5.99. The monoisotopic (exact) mass is 301 g/mol. The van der Waals surface area contributed by atoms with Crippen molar-refractivity contribution in [2.75, 3.05) is 20.2 Å². The average Bonchev–Trinajstić information content (AvgIpc) is 3.12. The maximum Gasteiger partial charge on any atom is 0.167 e. The Labute approximate surface area is 130 Å². The molecule has 118 valence electrons. The molecule has 6 heteroatoms. The molecule has 6 nitrogen and oxygen atoms in total. The van der Waals surface area contributed by atoms with E-state index >= 15 is 0 Å². The van der Waals surface area contributed by atoms with Crippen LogP contribution in [0.5, 0.6) is 0 Å². The van der Waals surface area contributed by atoms with Crippen molar-refractivity contribution in [2.45, 2.75) is 38.8 Å². The second-order valence-corrected chi connectivity index (χ2v) is 5.94. The van der Waals surface area contributed by atoms with Crippen molar-refractivity contribution in [3.05, 3.63) is 41.2 Å². The van der Waals surface area contributed by atoms with Gasteiger partial charge < -0.3 is 4.74 Å². The van der Waals surface area contributed by atoms with E-state index in [1.165, 1.54) is 11.1 Å². The Hall–Kier alpha value is -1.79. The molecule has 0 unspecified atom stereocenters. The van der Waals surface area contributed by atoms with E-state index in [0.29, 0.717) is 0 Å². The topological polar surface area (TPSA) is 66.9 Å². The third-order valence-corrected chi connectivity index (χ3v) is 4.42. The number of likely N-dealkylation sites (tertiary alicyclic amines) is 1. The van der Waals surface area contributed by atoms with Gasteiger partial charge in [-0.15, -0.1) is 0 Å². The molecule has 2 aromatic rings. The highest BCUT2D eigenvalue weighted by Crippen LogP contribution is 2.31. The summed E-state index contributed by atoms with van der Waals surface area (Å²) in [5, 5.41) is 7.29. The first-order chi connectivity index (χ1) is 10.7. The Bertz CT molecular complexity index is 627. The molecule has 0 saturated carbocycles. The molecule has 0 spiro atoms. The first kappa shape index (κ1) is 15.1. The summed E-state index contributed by atoms with van der Waals surface area (Å²) in [4.78, 5) is 11.1. The van der Waals surface area contributed by atoms with E-state index in [4.69, 9.17) is 4.74 Å². The van der Waals surface area contributed by atoms with Crippen LogP contribution in [-0.2, 0) is 11.2 Å². The lowest BCUT2D eigenvalue weighted by atomic mass is 10.1. The van der Waals surface area contributed by atoms with Crippen LogP contribution in [0, 0.1) is 13.8 Å². The molecule has 3 rings (SSSR count). The van der Waals surface area contributed by atoms with E-state index in [0.717, 1.165) is 37.6 Å². The summed E-state index contributed by atoms with van der Waals surface area (Å²) in [5.41, 5.74) is 2.59. The zero-order chi connectivity index (χ0) is 15.5. The third kappa shape index (κ3) is 3.18. The van der Waals surface area contributed by atoms with Gasteiger partial charge in [0.2, 0.25) is 0 Å². The second-order valence-electron chi connectivity index (χ2n) is 5.94. The fourth-order valence-corrected chi connectivity index (χ4v) is 3.10. The minimum absolute atomic E-state index is 0.233. The van der Waals surface area contributed by atoms with Crippen molar-refractivity contribution in [1.29, 1.82) is 0 Å². The van der Waals surface area contributed by atoms with Crippen LogP contribution in [-0.4, -0.2) is 51.4 Å². The van der Waals surface area contributed by atoms with Crippen molar-refractivity contribution in [3.63, 3.8) is 0 Å². The molecular formula is C16H23N5O. The number of hydrogen-bond donors (Lipinski definition) is 1. The second kappa shape index (κ2) is 6.54. The largest absolute Gasteiger partial charge is 0.380 e. The highest BCUT2D eigenvalue weighted by Gasteiger charge is 2.35. The Balaban J connectivity index is 1.71. The Kier molecular flexibility index (Phi) is 4.49. The molecule has 1 N–H and O–H groups in total. The van der Waals surface area contributed by atoms with Gasteiger partial charge in [-0.2, -0.15) is 5.10 Å². The van der Waals surface area contributed by atoms with Gasteiger partial charge in [0.25, 0.3) is 0 Å². The van der Waals surface area contributed by atoms with E-state index in [2.05, 4.69) is 38.1 Å². The SMILES string of the molecule is CO[C@@H]1C[C@@H](c2n[nH]c(C)n2)N(CCc2ccncc2C)C1. The van der Waals surface area contributed by atoms with Crippen LogP contribution in [0.15, 0.2) is 18.5 Å². The zero-order valence-corrected chi connectivity index (χ0v) is 13.4. The van der Waals surface area contributed by atoms with Gasteiger partial charge in [0.1, 0.15) is 5.82 Å². The minimum atomic E-state index is 0.233. The third-order valence-electron chi connectivity index (χ3n) is 4.42. The number of nitrogens with one attached hydrogen (secondary N) is 1. The molecule has 0 bridgehead atoms. The highest BCUT2D eigenvalue weighted by molar-refractivity contribution is 5.21. The van der Waals surface area contributed by atoms with Gasteiger partial charge in [-0.1, -0.05) is 0 Å². The van der Waals surface area contributed by atoms with Crippen molar-refractivity contribution in [3.8, 4) is 0 Å². The standard InChI is InChI=1S/C16H23N5O/c1-11-9-17-6-4-13(11)5-7-21-10-14(22-3)8-15(21)16-18-12(2)19-20-16/h4,6,9,14-15H,5,7-8,10H2,1-3H3,(H,18,19,20)/t14-,15+/m1/s1. The number of H-pyrrole nitrogens is 1. The normalized spacial score (nSPS) is 22.3. The maximum absolute atomic E-state index is 5.56. The quantitative estimate of drug-likeness (QED) is 0.912. The molecule has 3 heterocycles. The van der Waals surface area contributed by atoms with E-state index in [-0.39, 0.29) is 12.1 Å². The minimum Gasteiger partial charge on any atom is -0.380 e. The molecule has 1 fully saturated rings. The number of nitrogens with zero attached hydrogens (tertiary/aromatic N) is 4. The molecule has 2 atom stereocenters. The number of aryl methyl sites for hydroxylation is 2. The van der Waals surface area contributed by atoms with Gasteiger partial charge in [0.05, 0.1) is 12.1 Å². The summed E-state index contributed by atoms with van der Waals surface area (Å²) >= 11 is 0. The lowest BCUT2D eigenvalue weighted by Gasteiger charge is -2.22. The predicted octanol–water partition coefficient (Wildman–Crippen LogP) is 1.82. The average molecular weight is 301 g/mol. The predicted molar refractivity (Wildman–Crippen MR) is 83.5 cm³/mol. The molecule has 1 saturated heterocycles. The van der Waals surface area contributed by atoms with Gasteiger partial charge in [-0.3, -0.25) is 15.0 Å². The van der Waals surface area contributed by atoms with Crippen LogP contribution in [0.1, 0.15) is 35.2 Å². The summed E-state index contributed by atoms with van der Waals surface area (Å²) in [6, 6.07) is 2.34. The fourth-order valence-electron chi connectivity index (χ4n) is 3.10. The van der Waals surface area contributed by atoms with E-state index in [1.807, 2.05) is 19.3 Å². The highest BCUT2D eigenvalue weighted by atomic mass is 16.5. The lowest BCUT2D eigenvalue weighted by molar-refractivity contribution is 0.108. The van der Waals surface area contributed by atoms with Crippen LogP contribution in [0.3, 0.4) is 0 Å². The Morgan fingerprint density at radius 3 is 2.95 bits per heavy atom. The zero-order valence-electron chi connectivity index (χ0n) is 13.4. The molecule has 2 aromatic heterocycles. The number of rotatable bonds is 5. The molecule has 1 aliphatic heterocycles. The lowest BCUT2D eigenvalue weighted by Crippen LogP contribution is -2.28. The van der Waals surface area contributed by atoms with Crippen LogP contribution >= 0.6 is 0 Å². The first-order valence-corrected chi connectivity index (χ1v) is 7.72. The van der Waals surface area contributed by atoms with Crippen LogP contribution in [0.25, 0.3) is 0 Å². The van der Waals surface area contributed by atoms with Crippen molar-refractivity contribution in [1.82, 2.24) is 25.1 Å². The Morgan fingerprint density at radius 2 is 2.27 bits per heavy atom. The number of methoxy groups -OCH3 is 1. The van der Waals surface area contributed by atoms with Gasteiger partial charge in [0, 0.05) is 32.6 Å². The maximum atomic E-state index is 5.56. The number of aromatic amines is 1. The summed E-state index contributed by atoms with van der Waals surface area (Å²) in [6.45, 7) is 5.95. The number of hydrogen-bond acceptors (Lipinski definition) is 5. The van der Waals surface area contributed by atoms with Crippen LogP contribution in [0.4, 0.5) is 0 Å². The van der Waals surface area contributed by atoms with E-state index in [1.54, 1.807) is 7.11 Å². The molecule has 22 heavy (non-hydrogen) atoms. The Morgan fingerprint density at radius 1 is 1.41 bits per heavy atom. The first-order valence-electron chi connectivity index (χ1n) is 7.72. The molecule has 0 radical (unpaired) electrons. The number of pyridine rings is 1. The van der Waals surface area contributed by atoms with E-state index in [9.17, 15) is 0 Å². The molecule has 1 aliphatic rings. The van der Waals surface area contributed by atoms with Crippen molar-refractivity contribution >= 4 is 0 Å². The van der Waals surface area contributed by atoms with Crippen LogP contribution in [0.2, 0.25) is 0 Å². The molecule has 0 aromatic carbocycles. The van der Waals surface area contributed by atoms with Gasteiger partial charge in [-0.05, 0) is 43.9 Å². The van der Waals surface area contributed by atoms with Crippen molar-refractivity contribution < 1.29 is 4.74 Å². The van der Waals surface area contributed by atoms with Crippen molar-refractivity contribution in [2.24, 2.45) is 0 Å². The van der Waals surface area contributed by atoms with Gasteiger partial charge in [-0.25, -0.2) is 4.98 Å². The van der Waals surface area contributed by atoms with Gasteiger partial charge >= 0.3 is 0 Å². The fraction of sp³-hybridized carbons (Fsp3) is 0.562. The number of ether oxygens (including phenoxy) is 1. The van der Waals surface area contributed by atoms with E-state index < -0.39 is 0 Å². The summed E-state index contributed by atoms with van der Waals surface area (Å²) in [7, 11) is 1.78. The smallest absolute Gasteiger partial charge is 0.167 e. The summed E-state index contributed by atoms with van der Waals surface area (Å²) in [5.74, 6) is 1.74. The van der Waals surface area contributed by atoms with Gasteiger partial charge in [0.15, 0.2) is 5.82 Å². The van der Waals surface area contributed by atoms with Crippen LogP contribution < -0.4 is 0 Å².